The summed E-state index contributed by atoms with van der Waals surface area (Å²) in [5.41, 5.74) is 2.18. The highest BCUT2D eigenvalue weighted by Crippen LogP contribution is 2.20. The minimum absolute atomic E-state index is 0.0282. The molecule has 13 heavy (non-hydrogen) atoms. The van der Waals surface area contributed by atoms with Gasteiger partial charge in [0.25, 0.3) is 0 Å². The molecule has 0 amide bonds. The standard InChI is InChI=1S/C10H12N2O/c1-4-12-9-6-11-5-7(2)10(9)8(3)13/h4-6H,1-3H3. The van der Waals surface area contributed by atoms with Gasteiger partial charge in [-0.3, -0.25) is 14.8 Å². The molecule has 1 aromatic rings. The first kappa shape index (κ1) is 9.58. The normalized spacial score (nSPS) is 10.7. The summed E-state index contributed by atoms with van der Waals surface area (Å²) >= 11 is 0. The highest BCUT2D eigenvalue weighted by molar-refractivity contribution is 6.00. The number of ketones is 1. The van der Waals surface area contributed by atoms with Crippen LogP contribution in [0.15, 0.2) is 17.4 Å². The molecule has 3 nitrogen and oxygen atoms in total. The molecule has 0 saturated heterocycles. The summed E-state index contributed by atoms with van der Waals surface area (Å²) in [6.45, 7) is 5.21. The van der Waals surface area contributed by atoms with Crippen LogP contribution in [0.1, 0.15) is 29.8 Å². The molecule has 0 aliphatic carbocycles. The van der Waals surface area contributed by atoms with Crippen LogP contribution in [0, 0.1) is 6.92 Å². The second kappa shape index (κ2) is 3.94. The Hall–Kier alpha value is -1.51. The van der Waals surface area contributed by atoms with Gasteiger partial charge in [-0.05, 0) is 26.3 Å². The molecular weight excluding hydrogens is 164 g/mol. The first-order valence-electron chi connectivity index (χ1n) is 4.11. The zero-order chi connectivity index (χ0) is 9.84. The highest BCUT2D eigenvalue weighted by atomic mass is 16.1. The number of rotatable bonds is 2. The number of hydrogen-bond acceptors (Lipinski definition) is 3. The van der Waals surface area contributed by atoms with Gasteiger partial charge in [0.2, 0.25) is 0 Å². The third kappa shape index (κ3) is 1.99. The van der Waals surface area contributed by atoms with Crippen molar-refractivity contribution in [2.24, 2.45) is 4.99 Å². The summed E-state index contributed by atoms with van der Waals surface area (Å²) in [5.74, 6) is 0.0282. The van der Waals surface area contributed by atoms with E-state index in [2.05, 4.69) is 9.98 Å². The molecule has 0 aliphatic rings. The van der Waals surface area contributed by atoms with E-state index in [9.17, 15) is 4.79 Å². The molecule has 0 saturated carbocycles. The number of carbonyl (C=O) groups excluding carboxylic acids is 1. The van der Waals surface area contributed by atoms with Crippen LogP contribution in [0.3, 0.4) is 0 Å². The van der Waals surface area contributed by atoms with E-state index in [0.29, 0.717) is 11.3 Å². The Balaban J connectivity index is 3.34. The topological polar surface area (TPSA) is 42.3 Å². The van der Waals surface area contributed by atoms with E-state index in [0.717, 1.165) is 5.56 Å². The average Bonchev–Trinajstić information content (AvgIpc) is 2.04. The lowest BCUT2D eigenvalue weighted by Gasteiger charge is -2.03. The quantitative estimate of drug-likeness (QED) is 0.512. The summed E-state index contributed by atoms with van der Waals surface area (Å²) in [5, 5.41) is 0. The van der Waals surface area contributed by atoms with Gasteiger partial charge in [0, 0.05) is 18.0 Å². The van der Waals surface area contributed by atoms with Crippen LogP contribution in [-0.2, 0) is 0 Å². The third-order valence-corrected chi connectivity index (χ3v) is 1.74. The Morgan fingerprint density at radius 2 is 2.23 bits per heavy atom. The van der Waals surface area contributed by atoms with Gasteiger partial charge in [-0.2, -0.15) is 0 Å². The average molecular weight is 176 g/mol. The Morgan fingerprint density at radius 3 is 2.77 bits per heavy atom. The van der Waals surface area contributed by atoms with Crippen molar-refractivity contribution >= 4 is 17.7 Å². The Labute approximate surface area is 77.5 Å². The number of Topliss-reactive ketones (excluding diaryl/α,β-unsaturated/α-hetero) is 1. The van der Waals surface area contributed by atoms with Gasteiger partial charge >= 0.3 is 0 Å². The number of pyridine rings is 1. The highest BCUT2D eigenvalue weighted by Gasteiger charge is 2.08. The molecule has 3 heteroatoms. The summed E-state index contributed by atoms with van der Waals surface area (Å²) in [6.07, 6.45) is 4.93. The van der Waals surface area contributed by atoms with Crippen LogP contribution >= 0.6 is 0 Å². The van der Waals surface area contributed by atoms with Crippen LogP contribution in [0.5, 0.6) is 0 Å². The fraction of sp³-hybridized carbons (Fsp3) is 0.300. The van der Waals surface area contributed by atoms with Crippen molar-refractivity contribution in [1.82, 2.24) is 4.98 Å². The third-order valence-electron chi connectivity index (χ3n) is 1.74. The minimum atomic E-state index is 0.0282. The molecule has 1 rings (SSSR count). The van der Waals surface area contributed by atoms with E-state index in [1.54, 1.807) is 18.6 Å². The van der Waals surface area contributed by atoms with Crippen molar-refractivity contribution in [2.75, 3.05) is 0 Å². The molecule has 1 aromatic heterocycles. The molecule has 0 unspecified atom stereocenters. The molecule has 0 N–H and O–H groups in total. The van der Waals surface area contributed by atoms with Gasteiger partial charge in [-0.1, -0.05) is 0 Å². The number of carbonyl (C=O) groups is 1. The van der Waals surface area contributed by atoms with Gasteiger partial charge in [-0.15, -0.1) is 0 Å². The smallest absolute Gasteiger partial charge is 0.162 e. The predicted octanol–water partition coefficient (Wildman–Crippen LogP) is 2.31. The first-order valence-corrected chi connectivity index (χ1v) is 4.11. The van der Waals surface area contributed by atoms with Gasteiger partial charge in [0.1, 0.15) is 0 Å². The maximum atomic E-state index is 11.3. The second-order valence-corrected chi connectivity index (χ2v) is 2.79. The number of aliphatic imine (C=N–C) groups is 1. The fourth-order valence-electron chi connectivity index (χ4n) is 1.25. The minimum Gasteiger partial charge on any atom is -0.294 e. The second-order valence-electron chi connectivity index (χ2n) is 2.79. The molecule has 0 aromatic carbocycles. The molecule has 1 heterocycles. The van der Waals surface area contributed by atoms with Crippen molar-refractivity contribution in [1.29, 1.82) is 0 Å². The molecule has 0 atom stereocenters. The molecule has 0 bridgehead atoms. The maximum absolute atomic E-state index is 11.3. The van der Waals surface area contributed by atoms with Crippen molar-refractivity contribution in [3.8, 4) is 0 Å². The van der Waals surface area contributed by atoms with E-state index in [-0.39, 0.29) is 5.78 Å². The monoisotopic (exact) mass is 176 g/mol. The summed E-state index contributed by atoms with van der Waals surface area (Å²) in [6, 6.07) is 0. The van der Waals surface area contributed by atoms with Gasteiger partial charge in [-0.25, -0.2) is 0 Å². The molecule has 0 fully saturated rings. The lowest BCUT2D eigenvalue weighted by molar-refractivity contribution is 0.101. The van der Waals surface area contributed by atoms with Gasteiger partial charge in [0.05, 0.1) is 11.9 Å². The van der Waals surface area contributed by atoms with E-state index in [1.165, 1.54) is 6.92 Å². The van der Waals surface area contributed by atoms with Crippen molar-refractivity contribution in [3.63, 3.8) is 0 Å². The Morgan fingerprint density at radius 1 is 1.54 bits per heavy atom. The number of hydrogen-bond donors (Lipinski definition) is 0. The number of aromatic nitrogens is 1. The molecule has 0 radical (unpaired) electrons. The first-order chi connectivity index (χ1) is 6.16. The van der Waals surface area contributed by atoms with Crippen LogP contribution in [0.25, 0.3) is 0 Å². The number of aryl methyl sites for hydroxylation is 1. The van der Waals surface area contributed by atoms with E-state index >= 15 is 0 Å². The number of nitrogens with zero attached hydrogens (tertiary/aromatic N) is 2. The van der Waals surface area contributed by atoms with Gasteiger partial charge < -0.3 is 0 Å². The van der Waals surface area contributed by atoms with Crippen molar-refractivity contribution in [3.05, 3.63) is 23.5 Å². The zero-order valence-corrected chi connectivity index (χ0v) is 8.03. The SMILES string of the molecule is CC=Nc1cncc(C)c1C(C)=O. The predicted molar refractivity (Wildman–Crippen MR) is 52.8 cm³/mol. The molecule has 68 valence electrons. The van der Waals surface area contributed by atoms with Gasteiger partial charge in [0.15, 0.2) is 5.78 Å². The lowest BCUT2D eigenvalue weighted by Crippen LogP contribution is -1.97. The van der Waals surface area contributed by atoms with E-state index < -0.39 is 0 Å². The molecular formula is C10H12N2O. The Kier molecular flexibility index (Phi) is 2.90. The van der Waals surface area contributed by atoms with Crippen molar-refractivity contribution in [2.45, 2.75) is 20.8 Å². The summed E-state index contributed by atoms with van der Waals surface area (Å²) in [4.78, 5) is 19.3. The van der Waals surface area contributed by atoms with Crippen LogP contribution in [0.4, 0.5) is 5.69 Å². The zero-order valence-electron chi connectivity index (χ0n) is 8.03. The van der Waals surface area contributed by atoms with E-state index in [4.69, 9.17) is 0 Å². The summed E-state index contributed by atoms with van der Waals surface area (Å²) in [7, 11) is 0. The Bertz CT molecular complexity index is 356. The molecule has 0 spiro atoms. The fourth-order valence-corrected chi connectivity index (χ4v) is 1.25. The van der Waals surface area contributed by atoms with Crippen molar-refractivity contribution < 1.29 is 4.79 Å². The molecule has 0 aliphatic heterocycles. The van der Waals surface area contributed by atoms with Crippen LogP contribution in [-0.4, -0.2) is 17.0 Å². The maximum Gasteiger partial charge on any atom is 0.162 e. The van der Waals surface area contributed by atoms with Crippen LogP contribution in [0.2, 0.25) is 0 Å². The lowest BCUT2D eigenvalue weighted by atomic mass is 10.1. The van der Waals surface area contributed by atoms with Crippen LogP contribution < -0.4 is 0 Å². The largest absolute Gasteiger partial charge is 0.294 e. The van der Waals surface area contributed by atoms with E-state index in [1.807, 2.05) is 13.8 Å². The summed E-state index contributed by atoms with van der Waals surface area (Å²) < 4.78 is 0.